The summed E-state index contributed by atoms with van der Waals surface area (Å²) in [7, 11) is 0. The molecule has 0 unspecified atom stereocenters. The number of rotatable bonds is 5. The summed E-state index contributed by atoms with van der Waals surface area (Å²) in [6.07, 6.45) is 0.681. The fourth-order valence-corrected chi connectivity index (χ4v) is 3.60. The third kappa shape index (κ3) is 6.42. The zero-order chi connectivity index (χ0) is 16.9. The van der Waals surface area contributed by atoms with Crippen LogP contribution in [0.1, 0.15) is 52.3 Å². The van der Waals surface area contributed by atoms with E-state index in [1.807, 2.05) is 11.8 Å². The summed E-state index contributed by atoms with van der Waals surface area (Å²) in [6, 6.07) is 0. The van der Waals surface area contributed by atoms with Crippen LogP contribution in [0.5, 0.6) is 0 Å². The number of thioether (sulfide) groups is 1. The number of aromatic nitrogens is 2. The first-order valence-corrected chi connectivity index (χ1v) is 9.39. The lowest BCUT2D eigenvalue weighted by atomic mass is 10.2. The maximum Gasteiger partial charge on any atom is 0.228 e. The Morgan fingerprint density at radius 1 is 1.46 bits per heavy atom. The van der Waals surface area contributed by atoms with Gasteiger partial charge in [-0.15, -0.1) is 24.0 Å². The van der Waals surface area contributed by atoms with Crippen LogP contribution in [0, 0.1) is 0 Å². The van der Waals surface area contributed by atoms with Crippen molar-refractivity contribution in [2.75, 3.05) is 31.9 Å². The van der Waals surface area contributed by atoms with Crippen LogP contribution in [0.4, 0.5) is 0 Å². The first-order valence-electron chi connectivity index (χ1n) is 8.41. The third-order valence-corrected chi connectivity index (χ3v) is 4.94. The molecule has 0 aliphatic carbocycles. The number of halogens is 1. The molecule has 0 radical (unpaired) electrons. The van der Waals surface area contributed by atoms with E-state index in [4.69, 9.17) is 9.52 Å². The smallest absolute Gasteiger partial charge is 0.228 e. The molecular weight excluding hydrogens is 437 g/mol. The minimum atomic E-state index is 0. The molecule has 1 aromatic rings. The average Bonchev–Trinajstić information content (AvgIpc) is 2.94. The number of aliphatic imine (C=N–C) groups is 1. The van der Waals surface area contributed by atoms with E-state index in [1.54, 1.807) is 0 Å². The molecule has 1 aliphatic heterocycles. The lowest BCUT2D eigenvalue weighted by Gasteiger charge is -2.39. The number of nitrogens with one attached hydrogen (secondary N) is 1. The van der Waals surface area contributed by atoms with E-state index in [1.165, 1.54) is 0 Å². The molecular formula is C16H30IN5OS. The summed E-state index contributed by atoms with van der Waals surface area (Å²) < 4.78 is 5.55. The highest BCUT2D eigenvalue weighted by Crippen LogP contribution is 2.29. The lowest BCUT2D eigenvalue weighted by Crippen LogP contribution is -2.51. The Labute approximate surface area is 166 Å². The Bertz CT molecular complexity index is 532. The van der Waals surface area contributed by atoms with Crippen molar-refractivity contribution < 1.29 is 4.52 Å². The molecule has 0 atom stereocenters. The minimum Gasteiger partial charge on any atom is -0.357 e. The van der Waals surface area contributed by atoms with Crippen LogP contribution in [-0.2, 0) is 6.42 Å². The zero-order valence-electron chi connectivity index (χ0n) is 15.3. The SMILES string of the molecule is CCNC(=NCCc1nc(C(C)C)no1)N1CCSC(C)(C)C1.I. The van der Waals surface area contributed by atoms with E-state index >= 15 is 0 Å². The quantitative estimate of drug-likeness (QED) is 0.408. The normalized spacial score (nSPS) is 17.8. The van der Waals surface area contributed by atoms with Gasteiger partial charge in [0.25, 0.3) is 0 Å². The predicted molar refractivity (Wildman–Crippen MR) is 112 cm³/mol. The van der Waals surface area contributed by atoms with E-state index < -0.39 is 0 Å². The van der Waals surface area contributed by atoms with Gasteiger partial charge in [0.15, 0.2) is 11.8 Å². The number of hydrogen-bond donors (Lipinski definition) is 1. The van der Waals surface area contributed by atoms with Gasteiger partial charge in [-0.1, -0.05) is 19.0 Å². The predicted octanol–water partition coefficient (Wildman–Crippen LogP) is 3.15. The lowest BCUT2D eigenvalue weighted by molar-refractivity contribution is 0.368. The zero-order valence-corrected chi connectivity index (χ0v) is 18.5. The van der Waals surface area contributed by atoms with Crippen molar-refractivity contribution in [2.24, 2.45) is 4.99 Å². The van der Waals surface area contributed by atoms with E-state index in [-0.39, 0.29) is 28.7 Å². The average molecular weight is 467 g/mol. The largest absolute Gasteiger partial charge is 0.357 e. The standard InChI is InChI=1S/C16H29N5OS.HI/c1-6-17-15(21-9-10-23-16(4,5)11-21)18-8-7-13-19-14(12(2)3)20-22-13;/h12H,6-11H2,1-5H3,(H,17,18);1H. The number of nitrogens with zero attached hydrogens (tertiary/aromatic N) is 4. The van der Waals surface area contributed by atoms with Crippen LogP contribution < -0.4 is 5.32 Å². The minimum absolute atomic E-state index is 0. The van der Waals surface area contributed by atoms with Gasteiger partial charge in [-0.05, 0) is 20.8 Å². The van der Waals surface area contributed by atoms with Gasteiger partial charge < -0.3 is 14.7 Å². The van der Waals surface area contributed by atoms with Crippen molar-refractivity contribution in [1.29, 1.82) is 0 Å². The molecule has 0 aromatic carbocycles. The first-order chi connectivity index (χ1) is 10.9. The van der Waals surface area contributed by atoms with Gasteiger partial charge in [-0.25, -0.2) is 0 Å². The van der Waals surface area contributed by atoms with Gasteiger partial charge in [-0.2, -0.15) is 16.7 Å². The second-order valence-corrected chi connectivity index (χ2v) is 8.52. The summed E-state index contributed by atoms with van der Waals surface area (Å²) in [4.78, 5) is 11.5. The van der Waals surface area contributed by atoms with Gasteiger partial charge in [-0.3, -0.25) is 4.99 Å². The van der Waals surface area contributed by atoms with Crippen LogP contribution in [0.3, 0.4) is 0 Å². The van der Waals surface area contributed by atoms with Gasteiger partial charge in [0, 0.05) is 42.5 Å². The summed E-state index contributed by atoms with van der Waals surface area (Å²) >= 11 is 2.03. The topological polar surface area (TPSA) is 66.5 Å². The highest BCUT2D eigenvalue weighted by atomic mass is 127. The molecule has 1 aliphatic rings. The fraction of sp³-hybridized carbons (Fsp3) is 0.812. The van der Waals surface area contributed by atoms with E-state index in [0.29, 0.717) is 24.8 Å². The van der Waals surface area contributed by atoms with Crippen molar-refractivity contribution in [3.63, 3.8) is 0 Å². The Kier molecular flexibility index (Phi) is 8.83. The molecule has 138 valence electrons. The molecule has 1 fully saturated rings. The molecule has 6 nitrogen and oxygen atoms in total. The van der Waals surface area contributed by atoms with Gasteiger partial charge in [0.2, 0.25) is 5.89 Å². The van der Waals surface area contributed by atoms with Crippen LogP contribution in [0.2, 0.25) is 0 Å². The second-order valence-electron chi connectivity index (χ2n) is 6.72. The number of hydrogen-bond acceptors (Lipinski definition) is 5. The summed E-state index contributed by atoms with van der Waals surface area (Å²) in [5.41, 5.74) is 0. The Hall–Kier alpha value is -0.510. The molecule has 2 heterocycles. The van der Waals surface area contributed by atoms with Gasteiger partial charge in [0.1, 0.15) is 0 Å². The van der Waals surface area contributed by atoms with Gasteiger partial charge in [0.05, 0.1) is 6.54 Å². The molecule has 0 spiro atoms. The van der Waals surface area contributed by atoms with Crippen LogP contribution in [-0.4, -0.2) is 57.7 Å². The summed E-state index contributed by atoms with van der Waals surface area (Å²) in [5.74, 6) is 3.86. The van der Waals surface area contributed by atoms with Crippen molar-refractivity contribution in [1.82, 2.24) is 20.4 Å². The fourth-order valence-electron chi connectivity index (χ4n) is 2.48. The molecule has 24 heavy (non-hydrogen) atoms. The molecule has 2 rings (SSSR count). The van der Waals surface area contributed by atoms with E-state index in [2.05, 4.69) is 55.0 Å². The van der Waals surface area contributed by atoms with Crippen molar-refractivity contribution >= 4 is 41.7 Å². The maximum absolute atomic E-state index is 5.28. The van der Waals surface area contributed by atoms with Crippen LogP contribution >= 0.6 is 35.7 Å². The highest BCUT2D eigenvalue weighted by Gasteiger charge is 2.28. The third-order valence-electron chi connectivity index (χ3n) is 3.65. The van der Waals surface area contributed by atoms with Crippen LogP contribution in [0.15, 0.2) is 9.52 Å². The highest BCUT2D eigenvalue weighted by molar-refractivity contribution is 14.0. The maximum atomic E-state index is 5.28. The molecule has 0 saturated carbocycles. The molecule has 0 amide bonds. The van der Waals surface area contributed by atoms with E-state index in [9.17, 15) is 0 Å². The van der Waals surface area contributed by atoms with Crippen molar-refractivity contribution in [3.8, 4) is 0 Å². The van der Waals surface area contributed by atoms with Gasteiger partial charge >= 0.3 is 0 Å². The summed E-state index contributed by atoms with van der Waals surface area (Å²) in [6.45, 7) is 14.4. The Morgan fingerprint density at radius 2 is 2.21 bits per heavy atom. The molecule has 1 aromatic heterocycles. The molecule has 1 N–H and O–H groups in total. The van der Waals surface area contributed by atoms with E-state index in [0.717, 1.165) is 37.2 Å². The van der Waals surface area contributed by atoms with Crippen molar-refractivity contribution in [3.05, 3.63) is 11.7 Å². The molecule has 1 saturated heterocycles. The molecule has 8 heteroatoms. The Balaban J connectivity index is 0.00000288. The van der Waals surface area contributed by atoms with Crippen molar-refractivity contribution in [2.45, 2.75) is 51.7 Å². The summed E-state index contributed by atoms with van der Waals surface area (Å²) in [5, 5.41) is 7.40. The van der Waals surface area contributed by atoms with Crippen LogP contribution in [0.25, 0.3) is 0 Å². The number of guanidine groups is 1. The monoisotopic (exact) mass is 467 g/mol. The Morgan fingerprint density at radius 3 is 2.79 bits per heavy atom. The second kappa shape index (κ2) is 9.84. The molecule has 0 bridgehead atoms. The first kappa shape index (κ1) is 21.5.